The van der Waals surface area contributed by atoms with E-state index in [0.717, 1.165) is 49.9 Å². The number of carbonyl (C=O) groups is 3. The van der Waals surface area contributed by atoms with Crippen molar-refractivity contribution in [1.29, 1.82) is 0 Å². The van der Waals surface area contributed by atoms with Gasteiger partial charge in [0.2, 0.25) is 11.8 Å². The number of amides is 3. The maximum Gasteiger partial charge on any atom is 0.253 e. The van der Waals surface area contributed by atoms with Crippen molar-refractivity contribution in [3.8, 4) is 0 Å². The molecule has 0 aromatic heterocycles. The van der Waals surface area contributed by atoms with Gasteiger partial charge in [-0.1, -0.05) is 32.0 Å². The number of rotatable bonds is 1. The highest BCUT2D eigenvalue weighted by atomic mass is 16.2. The molecule has 4 heterocycles. The van der Waals surface area contributed by atoms with Crippen molar-refractivity contribution in [2.24, 2.45) is 11.8 Å². The van der Waals surface area contributed by atoms with Crippen LogP contribution in [0.5, 0.6) is 0 Å². The molecule has 0 unspecified atom stereocenters. The molecule has 5 rings (SSSR count). The smallest absolute Gasteiger partial charge is 0.253 e. The Balaban J connectivity index is 1.55. The molecule has 172 valence electrons. The van der Waals surface area contributed by atoms with E-state index >= 15 is 0 Å². The maximum atomic E-state index is 14.2. The van der Waals surface area contributed by atoms with Crippen LogP contribution in [0.25, 0.3) is 0 Å². The Bertz CT molecular complexity index is 932. The molecular weight excluding hydrogens is 404 g/mol. The average Bonchev–Trinajstić information content (AvgIpc) is 3.43. The van der Waals surface area contributed by atoms with Crippen LogP contribution in [0, 0.1) is 11.8 Å². The number of hydrogen-bond acceptors (Lipinski definition) is 4. The maximum absolute atomic E-state index is 14.2. The molecule has 0 saturated carbocycles. The SMILES string of the molecule is CC(C)C(=O)N1CCCNC(=O)[C@@H]2C[C@@H]3CCCN3[C@@]23C(=O)N(CCC1)c1ccccc13. The molecule has 0 radical (unpaired) electrons. The topological polar surface area (TPSA) is 73.0 Å². The summed E-state index contributed by atoms with van der Waals surface area (Å²) in [5.41, 5.74) is 1.03. The van der Waals surface area contributed by atoms with Crippen molar-refractivity contribution >= 4 is 23.4 Å². The van der Waals surface area contributed by atoms with Crippen LogP contribution in [0.1, 0.15) is 51.5 Å². The largest absolute Gasteiger partial charge is 0.356 e. The second-order valence-corrected chi connectivity index (χ2v) is 10.00. The summed E-state index contributed by atoms with van der Waals surface area (Å²) in [6.45, 7) is 7.04. The zero-order chi connectivity index (χ0) is 22.5. The number of nitrogens with one attached hydrogen (secondary N) is 1. The van der Waals surface area contributed by atoms with Gasteiger partial charge in [0.05, 0.1) is 5.92 Å². The van der Waals surface area contributed by atoms with Crippen LogP contribution in [-0.2, 0) is 19.9 Å². The van der Waals surface area contributed by atoms with Crippen molar-refractivity contribution in [3.63, 3.8) is 0 Å². The fraction of sp³-hybridized carbons (Fsp3) is 0.640. The van der Waals surface area contributed by atoms with Crippen LogP contribution in [0.2, 0.25) is 0 Å². The van der Waals surface area contributed by atoms with Crippen molar-refractivity contribution in [2.75, 3.05) is 37.6 Å². The van der Waals surface area contributed by atoms with E-state index in [2.05, 4.69) is 16.3 Å². The first-order valence-electron chi connectivity index (χ1n) is 12.2. The molecule has 1 aromatic carbocycles. The highest BCUT2D eigenvalue weighted by Gasteiger charge is 2.66. The molecule has 1 spiro atoms. The van der Waals surface area contributed by atoms with E-state index in [4.69, 9.17) is 0 Å². The summed E-state index contributed by atoms with van der Waals surface area (Å²) in [6.07, 6.45) is 4.31. The summed E-state index contributed by atoms with van der Waals surface area (Å²) in [5, 5.41) is 3.12. The number of carbonyl (C=O) groups excluding carboxylic acids is 3. The summed E-state index contributed by atoms with van der Waals surface area (Å²) < 4.78 is 0. The average molecular weight is 439 g/mol. The molecule has 4 aliphatic rings. The normalized spacial score (nSPS) is 30.8. The fourth-order valence-electron chi connectivity index (χ4n) is 6.50. The molecule has 3 fully saturated rings. The van der Waals surface area contributed by atoms with Gasteiger partial charge >= 0.3 is 0 Å². The van der Waals surface area contributed by atoms with Gasteiger partial charge in [-0.25, -0.2) is 0 Å². The van der Waals surface area contributed by atoms with Crippen LogP contribution in [0.15, 0.2) is 24.3 Å². The van der Waals surface area contributed by atoms with E-state index in [0.29, 0.717) is 26.2 Å². The van der Waals surface area contributed by atoms with E-state index in [-0.39, 0.29) is 35.6 Å². The first kappa shape index (κ1) is 21.4. The number of para-hydroxylation sites is 1. The lowest BCUT2D eigenvalue weighted by molar-refractivity contribution is -0.138. The molecule has 3 saturated heterocycles. The number of hydrogen-bond donors (Lipinski definition) is 1. The predicted molar refractivity (Wildman–Crippen MR) is 122 cm³/mol. The summed E-state index contributed by atoms with van der Waals surface area (Å²) in [4.78, 5) is 46.5. The van der Waals surface area contributed by atoms with Gasteiger partial charge in [0.1, 0.15) is 5.54 Å². The van der Waals surface area contributed by atoms with E-state index in [9.17, 15) is 14.4 Å². The van der Waals surface area contributed by atoms with Gasteiger partial charge < -0.3 is 15.1 Å². The highest BCUT2D eigenvalue weighted by Crippen LogP contribution is 2.57. The van der Waals surface area contributed by atoms with Crippen molar-refractivity contribution < 1.29 is 14.4 Å². The minimum Gasteiger partial charge on any atom is -0.356 e. The van der Waals surface area contributed by atoms with E-state index in [1.165, 1.54) is 0 Å². The Morgan fingerprint density at radius 2 is 1.84 bits per heavy atom. The number of anilines is 1. The van der Waals surface area contributed by atoms with Gasteiger partial charge in [-0.15, -0.1) is 0 Å². The van der Waals surface area contributed by atoms with Crippen LogP contribution < -0.4 is 10.2 Å². The Hall–Kier alpha value is -2.41. The van der Waals surface area contributed by atoms with Crippen molar-refractivity contribution in [2.45, 2.75) is 57.5 Å². The number of fused-ring (bicyclic) bond motifs is 4. The summed E-state index contributed by atoms with van der Waals surface area (Å²) >= 11 is 0. The summed E-state index contributed by atoms with van der Waals surface area (Å²) in [7, 11) is 0. The third-order valence-electron chi connectivity index (χ3n) is 7.85. The molecule has 3 atom stereocenters. The molecule has 3 amide bonds. The third-order valence-corrected chi connectivity index (χ3v) is 7.85. The highest BCUT2D eigenvalue weighted by molar-refractivity contribution is 6.10. The first-order chi connectivity index (χ1) is 15.5. The zero-order valence-corrected chi connectivity index (χ0v) is 19.2. The molecule has 7 nitrogen and oxygen atoms in total. The van der Waals surface area contributed by atoms with E-state index < -0.39 is 5.54 Å². The second kappa shape index (κ2) is 8.18. The zero-order valence-electron chi connectivity index (χ0n) is 19.2. The van der Waals surface area contributed by atoms with Gasteiger partial charge in [-0.3, -0.25) is 19.3 Å². The summed E-state index contributed by atoms with van der Waals surface area (Å²) in [5.74, 6) is -0.285. The lowest BCUT2D eigenvalue weighted by atomic mass is 9.78. The molecule has 4 aliphatic heterocycles. The molecule has 1 aromatic rings. The quantitative estimate of drug-likeness (QED) is 0.729. The molecule has 1 N–H and O–H groups in total. The predicted octanol–water partition coefficient (Wildman–Crippen LogP) is 2.11. The number of nitrogens with zero attached hydrogens (tertiary/aromatic N) is 3. The third kappa shape index (κ3) is 3.08. The second-order valence-electron chi connectivity index (χ2n) is 10.00. The van der Waals surface area contributed by atoms with Gasteiger partial charge in [0.15, 0.2) is 0 Å². The van der Waals surface area contributed by atoms with Crippen LogP contribution in [0.4, 0.5) is 5.69 Å². The summed E-state index contributed by atoms with van der Waals surface area (Å²) in [6, 6.07) is 8.32. The Kier molecular flexibility index (Phi) is 5.48. The molecule has 7 heteroatoms. The molecule has 32 heavy (non-hydrogen) atoms. The molecular formula is C25H34N4O3. The fourth-order valence-corrected chi connectivity index (χ4v) is 6.50. The first-order valence-corrected chi connectivity index (χ1v) is 12.2. The monoisotopic (exact) mass is 438 g/mol. The van der Waals surface area contributed by atoms with Crippen molar-refractivity contribution in [3.05, 3.63) is 29.8 Å². The van der Waals surface area contributed by atoms with Crippen LogP contribution in [0.3, 0.4) is 0 Å². The Morgan fingerprint density at radius 1 is 1.06 bits per heavy atom. The van der Waals surface area contributed by atoms with Gasteiger partial charge in [0, 0.05) is 49.4 Å². The van der Waals surface area contributed by atoms with Gasteiger partial charge in [-0.05, 0) is 44.7 Å². The van der Waals surface area contributed by atoms with Gasteiger partial charge in [-0.2, -0.15) is 0 Å². The van der Waals surface area contributed by atoms with Gasteiger partial charge in [0.25, 0.3) is 5.91 Å². The Morgan fingerprint density at radius 3 is 2.66 bits per heavy atom. The Labute approximate surface area is 190 Å². The number of benzene rings is 1. The standard InChI is InChI=1S/C25H34N4O3/c1-17(2)23(31)27-12-6-11-26-22(30)20-16-18-8-5-15-29(18)25(20)19-9-3-4-10-21(19)28(24(25)32)14-7-13-27/h3-4,9-10,17-18,20H,5-8,11-16H2,1-2H3,(H,26,30)/t18-,20-,25+/m0/s1. The minimum absolute atomic E-state index is 0.0228. The van der Waals surface area contributed by atoms with E-state index in [1.807, 2.05) is 41.8 Å². The van der Waals surface area contributed by atoms with E-state index in [1.54, 1.807) is 0 Å². The van der Waals surface area contributed by atoms with Crippen molar-refractivity contribution in [1.82, 2.24) is 15.1 Å². The minimum atomic E-state index is -0.886. The molecule has 2 bridgehead atoms. The lowest BCUT2D eigenvalue weighted by Gasteiger charge is -2.37. The molecule has 0 aliphatic carbocycles. The van der Waals surface area contributed by atoms with Crippen LogP contribution >= 0.6 is 0 Å². The lowest BCUT2D eigenvalue weighted by Crippen LogP contribution is -2.56. The van der Waals surface area contributed by atoms with Crippen LogP contribution in [-0.4, -0.2) is 66.3 Å².